The topological polar surface area (TPSA) is 53.3 Å². The summed E-state index contributed by atoms with van der Waals surface area (Å²) in [5.41, 5.74) is 0.473. The van der Waals surface area contributed by atoms with Gasteiger partial charge < -0.3 is 4.74 Å². The second-order valence-corrected chi connectivity index (χ2v) is 4.11. The lowest BCUT2D eigenvalue weighted by atomic mass is 10.1. The quantitative estimate of drug-likeness (QED) is 0.673. The number of rotatable bonds is 8. The Morgan fingerprint density at radius 1 is 1.37 bits per heavy atom. The van der Waals surface area contributed by atoms with Gasteiger partial charge in [-0.05, 0) is 24.3 Å². The average molecular weight is 264 g/mol. The number of carbonyl (C=O) groups is 1. The molecule has 0 aromatic heterocycles. The van der Waals surface area contributed by atoms with Gasteiger partial charge in [0.25, 0.3) is 0 Å². The molecule has 4 nitrogen and oxygen atoms in total. The Labute approximate surface area is 112 Å². The summed E-state index contributed by atoms with van der Waals surface area (Å²) in [5, 5.41) is 8.59. The van der Waals surface area contributed by atoms with E-state index >= 15 is 0 Å². The number of carbonyl (C=O) groups excluding carboxylic acids is 1. The number of hydrogen-bond acceptors (Lipinski definition) is 4. The van der Waals surface area contributed by atoms with Crippen LogP contribution in [-0.4, -0.2) is 44.0 Å². The van der Waals surface area contributed by atoms with Crippen molar-refractivity contribution < 1.29 is 13.9 Å². The molecular weight excluding hydrogens is 247 g/mol. The van der Waals surface area contributed by atoms with Crippen molar-refractivity contribution in [1.82, 2.24) is 4.90 Å². The van der Waals surface area contributed by atoms with Gasteiger partial charge in [0.2, 0.25) is 0 Å². The van der Waals surface area contributed by atoms with Gasteiger partial charge >= 0.3 is 0 Å². The molecule has 0 aliphatic rings. The van der Waals surface area contributed by atoms with Crippen LogP contribution in [0.3, 0.4) is 0 Å². The molecule has 0 aliphatic heterocycles. The van der Waals surface area contributed by atoms with Crippen LogP contribution in [0.25, 0.3) is 0 Å². The number of halogens is 1. The maximum Gasteiger partial charge on any atom is 0.176 e. The van der Waals surface area contributed by atoms with Crippen molar-refractivity contribution in [2.45, 2.75) is 6.42 Å². The molecule has 0 saturated carbocycles. The Balaban J connectivity index is 2.59. The molecule has 0 fully saturated rings. The highest BCUT2D eigenvalue weighted by atomic mass is 19.1. The van der Waals surface area contributed by atoms with Gasteiger partial charge in [-0.1, -0.05) is 0 Å². The van der Waals surface area contributed by atoms with E-state index in [4.69, 9.17) is 10.00 Å². The number of nitrogens with zero attached hydrogens (tertiary/aromatic N) is 2. The zero-order valence-electron chi connectivity index (χ0n) is 10.9. The van der Waals surface area contributed by atoms with Crippen LogP contribution in [0.4, 0.5) is 4.39 Å². The van der Waals surface area contributed by atoms with Crippen molar-refractivity contribution in [1.29, 1.82) is 5.26 Å². The van der Waals surface area contributed by atoms with Crippen molar-refractivity contribution in [3.63, 3.8) is 0 Å². The van der Waals surface area contributed by atoms with Crippen molar-refractivity contribution in [3.05, 3.63) is 35.6 Å². The first-order chi connectivity index (χ1) is 9.17. The first-order valence-electron chi connectivity index (χ1n) is 6.04. The zero-order chi connectivity index (χ0) is 14.1. The number of Topliss-reactive ketones (excluding diaryl/α,β-unsaturated/α-hetero) is 1. The average Bonchev–Trinajstić information content (AvgIpc) is 2.42. The fraction of sp³-hybridized carbons (Fsp3) is 0.429. The van der Waals surface area contributed by atoms with Crippen LogP contribution in [0.5, 0.6) is 0 Å². The Morgan fingerprint density at radius 2 is 2.05 bits per heavy atom. The van der Waals surface area contributed by atoms with Crippen molar-refractivity contribution in [2.75, 3.05) is 33.4 Å². The summed E-state index contributed by atoms with van der Waals surface area (Å²) in [5.74, 6) is -0.452. The molecule has 0 radical (unpaired) electrons. The second-order valence-electron chi connectivity index (χ2n) is 4.11. The number of hydrogen-bond donors (Lipinski definition) is 0. The third kappa shape index (κ3) is 5.60. The molecule has 0 amide bonds. The summed E-state index contributed by atoms with van der Waals surface area (Å²) in [4.78, 5) is 13.9. The number of ether oxygens (including phenoxy) is 1. The summed E-state index contributed by atoms with van der Waals surface area (Å²) in [6.07, 6.45) is 0.362. The van der Waals surface area contributed by atoms with Crippen LogP contribution in [0.15, 0.2) is 24.3 Å². The van der Waals surface area contributed by atoms with Crippen LogP contribution in [-0.2, 0) is 4.74 Å². The number of ketones is 1. The molecule has 0 aliphatic carbocycles. The Bertz CT molecular complexity index is 440. The van der Waals surface area contributed by atoms with Crippen LogP contribution < -0.4 is 0 Å². The molecule has 1 aromatic rings. The Kier molecular flexibility index (Phi) is 6.72. The monoisotopic (exact) mass is 264 g/mol. The SMILES string of the molecule is COCCN(CCC#N)CC(=O)c1ccc(F)cc1. The van der Waals surface area contributed by atoms with Gasteiger partial charge in [0.05, 0.1) is 19.2 Å². The Hall–Kier alpha value is -1.77. The van der Waals surface area contributed by atoms with Gasteiger partial charge in [-0.2, -0.15) is 5.26 Å². The molecule has 0 saturated heterocycles. The number of benzene rings is 1. The lowest BCUT2D eigenvalue weighted by molar-refractivity contribution is 0.0898. The smallest absolute Gasteiger partial charge is 0.176 e. The molecule has 19 heavy (non-hydrogen) atoms. The van der Waals surface area contributed by atoms with E-state index in [1.807, 2.05) is 4.90 Å². The maximum absolute atomic E-state index is 12.8. The normalized spacial score (nSPS) is 10.4. The third-order valence-electron chi connectivity index (χ3n) is 2.68. The minimum atomic E-state index is -0.364. The summed E-state index contributed by atoms with van der Waals surface area (Å²) < 4.78 is 17.7. The standard InChI is InChI=1S/C14H17FN2O2/c1-19-10-9-17(8-2-7-16)11-14(18)12-3-5-13(15)6-4-12/h3-6H,2,8-11H2,1H3. The van der Waals surface area contributed by atoms with E-state index < -0.39 is 0 Å². The van der Waals surface area contributed by atoms with E-state index in [1.165, 1.54) is 24.3 Å². The van der Waals surface area contributed by atoms with Gasteiger partial charge in [-0.3, -0.25) is 9.69 Å². The highest BCUT2D eigenvalue weighted by Crippen LogP contribution is 2.05. The summed E-state index contributed by atoms with van der Waals surface area (Å²) in [7, 11) is 1.59. The predicted octanol–water partition coefficient (Wildman–Crippen LogP) is 1.87. The number of methoxy groups -OCH3 is 1. The van der Waals surface area contributed by atoms with Crippen LogP contribution in [0, 0.1) is 17.1 Å². The Morgan fingerprint density at radius 3 is 2.63 bits per heavy atom. The van der Waals surface area contributed by atoms with Gasteiger partial charge in [-0.25, -0.2) is 4.39 Å². The fourth-order valence-electron chi connectivity index (χ4n) is 1.63. The molecule has 1 rings (SSSR count). The lowest BCUT2D eigenvalue weighted by Gasteiger charge is -2.19. The second kappa shape index (κ2) is 8.35. The largest absolute Gasteiger partial charge is 0.383 e. The van der Waals surface area contributed by atoms with Crippen LogP contribution in [0.1, 0.15) is 16.8 Å². The molecule has 0 bridgehead atoms. The van der Waals surface area contributed by atoms with Gasteiger partial charge in [0, 0.05) is 32.2 Å². The molecule has 0 unspecified atom stereocenters. The van der Waals surface area contributed by atoms with Crippen molar-refractivity contribution in [3.8, 4) is 6.07 Å². The van der Waals surface area contributed by atoms with Crippen LogP contribution in [0.2, 0.25) is 0 Å². The van der Waals surface area contributed by atoms with E-state index in [-0.39, 0.29) is 18.1 Å². The van der Waals surface area contributed by atoms with Gasteiger partial charge in [0.15, 0.2) is 5.78 Å². The lowest BCUT2D eigenvalue weighted by Crippen LogP contribution is -2.33. The summed E-state index contributed by atoms with van der Waals surface area (Å²) >= 11 is 0. The minimum absolute atomic E-state index is 0.0888. The molecule has 0 spiro atoms. The van der Waals surface area contributed by atoms with Crippen molar-refractivity contribution in [2.24, 2.45) is 0 Å². The van der Waals surface area contributed by atoms with E-state index in [1.54, 1.807) is 7.11 Å². The van der Waals surface area contributed by atoms with Gasteiger partial charge in [-0.15, -0.1) is 0 Å². The van der Waals surface area contributed by atoms with Gasteiger partial charge in [0.1, 0.15) is 5.82 Å². The van der Waals surface area contributed by atoms with E-state index in [9.17, 15) is 9.18 Å². The zero-order valence-corrected chi connectivity index (χ0v) is 10.9. The predicted molar refractivity (Wildman–Crippen MR) is 69.3 cm³/mol. The molecule has 0 N–H and O–H groups in total. The van der Waals surface area contributed by atoms with E-state index in [0.29, 0.717) is 31.7 Å². The third-order valence-corrected chi connectivity index (χ3v) is 2.68. The minimum Gasteiger partial charge on any atom is -0.383 e. The first-order valence-corrected chi connectivity index (χ1v) is 6.04. The van der Waals surface area contributed by atoms with E-state index in [0.717, 1.165) is 0 Å². The van der Waals surface area contributed by atoms with Crippen LogP contribution >= 0.6 is 0 Å². The highest BCUT2D eigenvalue weighted by Gasteiger charge is 2.12. The first kappa shape index (κ1) is 15.3. The summed E-state index contributed by atoms with van der Waals surface area (Å²) in [6, 6.07) is 7.52. The molecule has 1 aromatic carbocycles. The summed E-state index contributed by atoms with van der Waals surface area (Å²) in [6.45, 7) is 1.82. The molecule has 0 atom stereocenters. The highest BCUT2D eigenvalue weighted by molar-refractivity contribution is 5.97. The molecule has 5 heteroatoms. The molecule has 102 valence electrons. The fourth-order valence-corrected chi connectivity index (χ4v) is 1.63. The molecule has 0 heterocycles. The maximum atomic E-state index is 12.8. The number of nitriles is 1. The molecular formula is C14H17FN2O2. The van der Waals surface area contributed by atoms with E-state index in [2.05, 4.69) is 6.07 Å². The van der Waals surface area contributed by atoms with Crippen molar-refractivity contribution >= 4 is 5.78 Å².